The van der Waals surface area contributed by atoms with Gasteiger partial charge in [-0.05, 0) is 12.5 Å². The molecule has 0 aliphatic carbocycles. The van der Waals surface area contributed by atoms with Gasteiger partial charge in [0.2, 0.25) is 0 Å². The van der Waals surface area contributed by atoms with Crippen LogP contribution in [-0.2, 0) is 4.74 Å². The van der Waals surface area contributed by atoms with Crippen molar-refractivity contribution in [1.82, 2.24) is 9.80 Å². The van der Waals surface area contributed by atoms with Crippen molar-refractivity contribution >= 4 is 5.78 Å². The third kappa shape index (κ3) is 5.74. The Morgan fingerprint density at radius 3 is 2.00 bits per heavy atom. The van der Waals surface area contributed by atoms with E-state index >= 15 is 0 Å². The standard InChI is InChI=1S/C24H32N2O2/c1-3-28-23(21-10-6-4-7-11-21)19-26-16-14-25(15-17-26)18-20(2)24(27)22-12-8-5-9-13-22/h4-13,20,23H,3,14-19H2,1-2H3/t20-,23-/m0/s1. The Balaban J connectivity index is 1.48. The summed E-state index contributed by atoms with van der Waals surface area (Å²) in [5.41, 5.74) is 2.06. The molecule has 0 spiro atoms. The molecular formula is C24H32N2O2. The van der Waals surface area contributed by atoms with E-state index in [4.69, 9.17) is 4.74 Å². The van der Waals surface area contributed by atoms with Crippen molar-refractivity contribution in [2.45, 2.75) is 20.0 Å². The van der Waals surface area contributed by atoms with Crippen molar-refractivity contribution < 1.29 is 9.53 Å². The molecule has 0 N–H and O–H groups in total. The van der Waals surface area contributed by atoms with Gasteiger partial charge in [0, 0.05) is 57.4 Å². The number of ketones is 1. The molecule has 0 aromatic heterocycles. The first kappa shape index (κ1) is 20.7. The molecule has 1 aliphatic heterocycles. The molecule has 0 unspecified atom stereocenters. The Bertz CT molecular complexity index is 712. The Morgan fingerprint density at radius 1 is 0.893 bits per heavy atom. The minimum Gasteiger partial charge on any atom is -0.372 e. The maximum atomic E-state index is 12.6. The highest BCUT2D eigenvalue weighted by Gasteiger charge is 2.24. The first-order chi connectivity index (χ1) is 13.7. The largest absolute Gasteiger partial charge is 0.372 e. The first-order valence-electron chi connectivity index (χ1n) is 10.4. The predicted molar refractivity (Wildman–Crippen MR) is 114 cm³/mol. The van der Waals surface area contributed by atoms with E-state index < -0.39 is 0 Å². The number of hydrogen-bond acceptors (Lipinski definition) is 4. The van der Waals surface area contributed by atoms with Crippen LogP contribution in [-0.4, -0.2) is 61.5 Å². The normalized spacial score (nSPS) is 17.9. The van der Waals surface area contributed by atoms with Gasteiger partial charge in [0.1, 0.15) is 0 Å². The second kappa shape index (κ2) is 10.5. The van der Waals surface area contributed by atoms with Crippen LogP contribution in [0.1, 0.15) is 35.9 Å². The van der Waals surface area contributed by atoms with Gasteiger partial charge < -0.3 is 9.64 Å². The average molecular weight is 381 g/mol. The number of nitrogens with zero attached hydrogens (tertiary/aromatic N) is 2. The summed E-state index contributed by atoms with van der Waals surface area (Å²) < 4.78 is 6.00. The maximum Gasteiger partial charge on any atom is 0.166 e. The van der Waals surface area contributed by atoms with Crippen LogP contribution in [0.15, 0.2) is 60.7 Å². The van der Waals surface area contributed by atoms with Gasteiger partial charge in [0.15, 0.2) is 5.78 Å². The van der Waals surface area contributed by atoms with E-state index in [2.05, 4.69) is 41.0 Å². The molecule has 3 rings (SSSR count). The number of piperazine rings is 1. The van der Waals surface area contributed by atoms with Crippen molar-refractivity contribution in [3.8, 4) is 0 Å². The summed E-state index contributed by atoms with van der Waals surface area (Å²) in [5, 5.41) is 0. The van der Waals surface area contributed by atoms with Crippen molar-refractivity contribution in [2.24, 2.45) is 5.92 Å². The zero-order valence-corrected chi connectivity index (χ0v) is 17.1. The minimum absolute atomic E-state index is 0.0226. The number of rotatable bonds is 9. The van der Waals surface area contributed by atoms with Crippen molar-refractivity contribution in [2.75, 3.05) is 45.9 Å². The molecule has 0 amide bonds. The number of ether oxygens (including phenoxy) is 1. The Morgan fingerprint density at radius 2 is 1.43 bits per heavy atom. The Labute approximate surface area is 169 Å². The third-order valence-electron chi connectivity index (χ3n) is 5.47. The molecule has 1 aliphatic rings. The van der Waals surface area contributed by atoms with Gasteiger partial charge in [0.25, 0.3) is 0 Å². The van der Waals surface area contributed by atoms with E-state index in [1.165, 1.54) is 5.56 Å². The fourth-order valence-corrected chi connectivity index (χ4v) is 3.87. The topological polar surface area (TPSA) is 32.8 Å². The summed E-state index contributed by atoms with van der Waals surface area (Å²) in [4.78, 5) is 17.5. The second-order valence-electron chi connectivity index (χ2n) is 7.59. The first-order valence-corrected chi connectivity index (χ1v) is 10.4. The molecule has 2 aromatic carbocycles. The molecule has 28 heavy (non-hydrogen) atoms. The fraction of sp³-hybridized carbons (Fsp3) is 0.458. The van der Waals surface area contributed by atoms with E-state index in [9.17, 15) is 4.79 Å². The fourth-order valence-electron chi connectivity index (χ4n) is 3.87. The number of hydrogen-bond donors (Lipinski definition) is 0. The molecule has 0 saturated carbocycles. The van der Waals surface area contributed by atoms with Gasteiger partial charge in [-0.3, -0.25) is 9.69 Å². The van der Waals surface area contributed by atoms with Crippen molar-refractivity contribution in [3.63, 3.8) is 0 Å². The van der Waals surface area contributed by atoms with Gasteiger partial charge in [-0.1, -0.05) is 67.6 Å². The number of Topliss-reactive ketones (excluding diaryl/α,β-unsaturated/α-hetero) is 1. The lowest BCUT2D eigenvalue weighted by atomic mass is 9.98. The molecule has 2 aromatic rings. The van der Waals surface area contributed by atoms with E-state index in [1.807, 2.05) is 43.3 Å². The summed E-state index contributed by atoms with van der Waals surface area (Å²) in [7, 11) is 0. The van der Waals surface area contributed by atoms with Gasteiger partial charge in [-0.2, -0.15) is 0 Å². The van der Waals surface area contributed by atoms with Gasteiger partial charge in [0.05, 0.1) is 6.10 Å². The molecule has 0 bridgehead atoms. The van der Waals surface area contributed by atoms with Crippen LogP contribution in [0.4, 0.5) is 0 Å². The van der Waals surface area contributed by atoms with Crippen LogP contribution in [0.5, 0.6) is 0 Å². The molecule has 4 heteroatoms. The van der Waals surface area contributed by atoms with Crippen LogP contribution in [0.3, 0.4) is 0 Å². The maximum absolute atomic E-state index is 12.6. The van der Waals surface area contributed by atoms with Crippen LogP contribution in [0.25, 0.3) is 0 Å². The van der Waals surface area contributed by atoms with E-state index in [1.54, 1.807) is 0 Å². The quantitative estimate of drug-likeness (QED) is 0.618. The highest BCUT2D eigenvalue weighted by molar-refractivity contribution is 5.97. The molecule has 1 saturated heterocycles. The Hall–Kier alpha value is -2.01. The lowest BCUT2D eigenvalue weighted by molar-refractivity contribution is 0.0170. The summed E-state index contributed by atoms with van der Waals surface area (Å²) in [6, 6.07) is 20.1. The molecule has 1 heterocycles. The molecular weight excluding hydrogens is 348 g/mol. The molecule has 1 fully saturated rings. The van der Waals surface area contributed by atoms with Gasteiger partial charge >= 0.3 is 0 Å². The van der Waals surface area contributed by atoms with E-state index in [0.717, 1.165) is 51.4 Å². The molecule has 2 atom stereocenters. The second-order valence-corrected chi connectivity index (χ2v) is 7.59. The average Bonchev–Trinajstić information content (AvgIpc) is 2.75. The highest BCUT2D eigenvalue weighted by Crippen LogP contribution is 2.20. The summed E-state index contributed by atoms with van der Waals surface area (Å²) in [5.74, 6) is 0.262. The van der Waals surface area contributed by atoms with Crippen LogP contribution < -0.4 is 0 Å². The zero-order valence-electron chi connectivity index (χ0n) is 17.1. The summed E-state index contributed by atoms with van der Waals surface area (Å²) >= 11 is 0. The lowest BCUT2D eigenvalue weighted by Gasteiger charge is -2.37. The third-order valence-corrected chi connectivity index (χ3v) is 5.47. The SMILES string of the molecule is CCO[C@@H](CN1CCN(C[C@H](C)C(=O)c2ccccc2)CC1)c1ccccc1. The van der Waals surface area contributed by atoms with Crippen molar-refractivity contribution in [3.05, 3.63) is 71.8 Å². The zero-order chi connectivity index (χ0) is 19.8. The van der Waals surface area contributed by atoms with Crippen LogP contribution in [0.2, 0.25) is 0 Å². The Kier molecular flexibility index (Phi) is 7.78. The number of carbonyl (C=O) groups is 1. The highest BCUT2D eigenvalue weighted by atomic mass is 16.5. The minimum atomic E-state index is 0.0226. The van der Waals surface area contributed by atoms with Gasteiger partial charge in [-0.15, -0.1) is 0 Å². The monoisotopic (exact) mass is 380 g/mol. The van der Waals surface area contributed by atoms with Crippen LogP contribution >= 0.6 is 0 Å². The van der Waals surface area contributed by atoms with Gasteiger partial charge in [-0.25, -0.2) is 0 Å². The predicted octanol–water partition coefficient (Wildman–Crippen LogP) is 3.90. The smallest absolute Gasteiger partial charge is 0.166 e. The van der Waals surface area contributed by atoms with E-state index in [0.29, 0.717) is 0 Å². The number of benzene rings is 2. The van der Waals surface area contributed by atoms with Crippen molar-refractivity contribution in [1.29, 1.82) is 0 Å². The van der Waals surface area contributed by atoms with Crippen LogP contribution in [0, 0.1) is 5.92 Å². The summed E-state index contributed by atoms with van der Waals surface area (Å²) in [6.45, 7) is 10.6. The lowest BCUT2D eigenvalue weighted by Crippen LogP contribution is -2.49. The molecule has 4 nitrogen and oxygen atoms in total. The van der Waals surface area contributed by atoms with E-state index in [-0.39, 0.29) is 17.8 Å². The summed E-state index contributed by atoms with van der Waals surface area (Å²) in [6.07, 6.45) is 0.122. The molecule has 150 valence electrons. The molecule has 0 radical (unpaired) electrons. The number of carbonyl (C=O) groups excluding carboxylic acids is 1.